The van der Waals surface area contributed by atoms with Crippen LogP contribution in [0.4, 0.5) is 0 Å². The van der Waals surface area contributed by atoms with E-state index in [0.717, 1.165) is 51.4 Å². The van der Waals surface area contributed by atoms with Gasteiger partial charge in [0, 0.05) is 12.8 Å². The lowest BCUT2D eigenvalue weighted by molar-refractivity contribution is -0.143. The number of allylic oxidation sites excluding steroid dienone is 7. The maximum Gasteiger partial charge on any atom is 0.305 e. The van der Waals surface area contributed by atoms with Gasteiger partial charge in [-0.1, -0.05) is 319 Å². The smallest absolute Gasteiger partial charge is 0.305 e. The van der Waals surface area contributed by atoms with Crippen molar-refractivity contribution in [2.75, 3.05) is 13.2 Å². The Morgan fingerprint density at radius 3 is 1.04 bits per heavy atom. The van der Waals surface area contributed by atoms with Crippen LogP contribution in [0.2, 0.25) is 0 Å². The molecule has 0 aromatic carbocycles. The predicted molar refractivity (Wildman–Crippen MR) is 338 cm³/mol. The number of hydrogen-bond donors (Lipinski definition) is 3. The lowest BCUT2D eigenvalue weighted by Crippen LogP contribution is -2.45. The molecule has 452 valence electrons. The first-order valence-corrected chi connectivity index (χ1v) is 34.4. The van der Waals surface area contributed by atoms with Crippen LogP contribution in [0.25, 0.3) is 0 Å². The highest BCUT2D eigenvalue weighted by molar-refractivity contribution is 5.76. The van der Waals surface area contributed by atoms with Crippen molar-refractivity contribution in [1.82, 2.24) is 5.32 Å². The van der Waals surface area contributed by atoms with E-state index in [2.05, 4.69) is 55.6 Å². The van der Waals surface area contributed by atoms with Crippen LogP contribution >= 0.6 is 0 Å². The Morgan fingerprint density at radius 2 is 0.662 bits per heavy atom. The number of nitrogens with one attached hydrogen (secondary N) is 1. The van der Waals surface area contributed by atoms with Crippen molar-refractivity contribution in [2.45, 2.75) is 379 Å². The summed E-state index contributed by atoms with van der Waals surface area (Å²) in [5, 5.41) is 23.2. The van der Waals surface area contributed by atoms with Gasteiger partial charge >= 0.3 is 5.97 Å². The Kier molecular flexibility index (Phi) is 64.5. The summed E-state index contributed by atoms with van der Waals surface area (Å²) in [7, 11) is 0. The SMILES string of the molecule is CCCC/C=C\CCCCCCCC(=O)OCCCCCCCCCCC/C=C\C/C=C\CCCCCCCCCCCCCC(=O)NC(CO)C(O)/C=C/CCCCCCCCCCCCCCCCCCCCCC. The molecule has 0 aliphatic rings. The Labute approximate surface area is 480 Å². The molecule has 2 atom stereocenters. The van der Waals surface area contributed by atoms with Crippen LogP contribution in [0.5, 0.6) is 0 Å². The van der Waals surface area contributed by atoms with Gasteiger partial charge in [-0.05, 0) is 83.5 Å². The second kappa shape index (κ2) is 66.3. The number of unbranched alkanes of at least 4 members (excludes halogenated alkanes) is 47. The molecule has 0 spiro atoms. The molecule has 0 aliphatic heterocycles. The van der Waals surface area contributed by atoms with Gasteiger partial charge in [0.2, 0.25) is 5.91 Å². The van der Waals surface area contributed by atoms with E-state index in [-0.39, 0.29) is 18.5 Å². The largest absolute Gasteiger partial charge is 0.466 e. The normalized spacial score (nSPS) is 12.8. The Bertz CT molecular complexity index is 1290. The van der Waals surface area contributed by atoms with Gasteiger partial charge in [-0.3, -0.25) is 9.59 Å². The number of aliphatic hydroxyl groups excluding tert-OH is 2. The summed E-state index contributed by atoms with van der Waals surface area (Å²) in [4.78, 5) is 24.5. The van der Waals surface area contributed by atoms with Gasteiger partial charge in [-0.15, -0.1) is 0 Å². The molecule has 0 rings (SSSR count). The summed E-state index contributed by atoms with van der Waals surface area (Å²) >= 11 is 0. The predicted octanol–water partition coefficient (Wildman–Crippen LogP) is 22.1. The standard InChI is InChI=1S/C71H133NO5/c1-3-5-7-9-11-13-15-16-17-18-19-20-28-31-34-37-40-44-47-51-55-59-63-69(74)68(67-73)72-70(75)64-60-56-52-48-45-41-38-35-32-29-26-24-22-21-23-25-27-30-33-36-39-42-46-50-54-58-62-66-77-71(76)65-61-57-53-49-43-14-12-10-8-6-4-2/h10,12,21-22,25,27,59,63,68-69,73-74H,3-9,11,13-20,23-24,26,28-58,60-62,64-67H2,1-2H3,(H,72,75)/b12-10-,22-21-,27-25-,63-59+. The zero-order valence-corrected chi connectivity index (χ0v) is 51.7. The third-order valence-electron chi connectivity index (χ3n) is 15.8. The van der Waals surface area contributed by atoms with E-state index < -0.39 is 12.1 Å². The minimum atomic E-state index is -0.848. The summed E-state index contributed by atoms with van der Waals surface area (Å²) in [6.45, 7) is 4.88. The minimum absolute atomic E-state index is 0.000894. The number of carbonyl (C=O) groups is 2. The van der Waals surface area contributed by atoms with Crippen molar-refractivity contribution in [3.63, 3.8) is 0 Å². The molecule has 0 fully saturated rings. The second-order valence-electron chi connectivity index (χ2n) is 23.5. The maximum absolute atomic E-state index is 12.5. The third-order valence-corrected chi connectivity index (χ3v) is 15.8. The second-order valence-corrected chi connectivity index (χ2v) is 23.5. The van der Waals surface area contributed by atoms with E-state index in [1.807, 2.05) is 6.08 Å². The summed E-state index contributed by atoms with van der Waals surface area (Å²) in [6.07, 6.45) is 86.1. The highest BCUT2D eigenvalue weighted by Crippen LogP contribution is 2.18. The number of carbonyl (C=O) groups excluding carboxylic acids is 2. The lowest BCUT2D eigenvalue weighted by atomic mass is 10.0. The summed E-state index contributed by atoms with van der Waals surface area (Å²) < 4.78 is 5.46. The molecule has 0 aliphatic carbocycles. The average Bonchev–Trinajstić information content (AvgIpc) is 3.43. The highest BCUT2D eigenvalue weighted by atomic mass is 16.5. The van der Waals surface area contributed by atoms with Crippen LogP contribution in [0.3, 0.4) is 0 Å². The average molecular weight is 1080 g/mol. The number of aliphatic hydroxyl groups is 2. The molecule has 0 bridgehead atoms. The lowest BCUT2D eigenvalue weighted by Gasteiger charge is -2.20. The number of hydrogen-bond acceptors (Lipinski definition) is 5. The molecular weight excluding hydrogens is 947 g/mol. The van der Waals surface area contributed by atoms with Gasteiger partial charge in [0.1, 0.15) is 0 Å². The van der Waals surface area contributed by atoms with Crippen molar-refractivity contribution >= 4 is 11.9 Å². The number of amides is 1. The van der Waals surface area contributed by atoms with Crippen LogP contribution in [0, 0.1) is 0 Å². The molecule has 0 aromatic heterocycles. The zero-order chi connectivity index (χ0) is 55.7. The summed E-state index contributed by atoms with van der Waals surface area (Å²) in [5.41, 5.74) is 0. The van der Waals surface area contributed by atoms with Gasteiger partial charge in [0.05, 0.1) is 25.4 Å². The molecule has 1 amide bonds. The molecule has 0 heterocycles. The summed E-state index contributed by atoms with van der Waals surface area (Å²) in [5.74, 6) is -0.0690. The fraction of sp³-hybridized carbons (Fsp3) is 0.859. The molecule has 77 heavy (non-hydrogen) atoms. The van der Waals surface area contributed by atoms with Crippen LogP contribution in [0.15, 0.2) is 48.6 Å². The number of esters is 1. The molecule has 0 saturated carbocycles. The fourth-order valence-corrected chi connectivity index (χ4v) is 10.5. The van der Waals surface area contributed by atoms with Crippen LogP contribution < -0.4 is 5.32 Å². The number of ether oxygens (including phenoxy) is 1. The Hall–Kier alpha value is -2.18. The van der Waals surface area contributed by atoms with Crippen LogP contribution in [-0.4, -0.2) is 47.4 Å². The van der Waals surface area contributed by atoms with Crippen molar-refractivity contribution < 1.29 is 24.5 Å². The van der Waals surface area contributed by atoms with E-state index in [0.29, 0.717) is 19.4 Å². The van der Waals surface area contributed by atoms with E-state index in [4.69, 9.17) is 4.74 Å². The Balaban J connectivity index is 3.46. The van der Waals surface area contributed by atoms with Gasteiger partial charge in [0.25, 0.3) is 0 Å². The Morgan fingerprint density at radius 1 is 0.364 bits per heavy atom. The van der Waals surface area contributed by atoms with Crippen LogP contribution in [0.1, 0.15) is 367 Å². The molecule has 0 radical (unpaired) electrons. The first kappa shape index (κ1) is 74.8. The van der Waals surface area contributed by atoms with Crippen molar-refractivity contribution in [3.8, 4) is 0 Å². The quantitative estimate of drug-likeness (QED) is 0.0320. The highest BCUT2D eigenvalue weighted by Gasteiger charge is 2.18. The monoisotopic (exact) mass is 1080 g/mol. The summed E-state index contributed by atoms with van der Waals surface area (Å²) in [6, 6.07) is -0.632. The van der Waals surface area contributed by atoms with E-state index in [1.165, 1.54) is 289 Å². The molecule has 6 nitrogen and oxygen atoms in total. The number of rotatable bonds is 64. The topological polar surface area (TPSA) is 95.9 Å². The first-order chi connectivity index (χ1) is 38.0. The first-order valence-electron chi connectivity index (χ1n) is 34.4. The van der Waals surface area contributed by atoms with E-state index in [1.54, 1.807) is 6.08 Å². The molecule has 0 saturated heterocycles. The molecule has 6 heteroatoms. The third kappa shape index (κ3) is 62.9. The molecule has 3 N–H and O–H groups in total. The van der Waals surface area contributed by atoms with E-state index >= 15 is 0 Å². The zero-order valence-electron chi connectivity index (χ0n) is 51.7. The van der Waals surface area contributed by atoms with Crippen molar-refractivity contribution in [1.29, 1.82) is 0 Å². The fourth-order valence-electron chi connectivity index (χ4n) is 10.5. The van der Waals surface area contributed by atoms with Crippen LogP contribution in [-0.2, 0) is 14.3 Å². The maximum atomic E-state index is 12.5. The van der Waals surface area contributed by atoms with E-state index in [9.17, 15) is 19.8 Å². The molecule has 0 aromatic rings. The van der Waals surface area contributed by atoms with Crippen molar-refractivity contribution in [3.05, 3.63) is 48.6 Å². The molecule has 2 unspecified atom stereocenters. The molecular formula is C71H133NO5. The van der Waals surface area contributed by atoms with Crippen molar-refractivity contribution in [2.24, 2.45) is 0 Å². The van der Waals surface area contributed by atoms with Gasteiger partial charge in [0.15, 0.2) is 0 Å². The van der Waals surface area contributed by atoms with Gasteiger partial charge in [-0.2, -0.15) is 0 Å². The minimum Gasteiger partial charge on any atom is -0.466 e. The van der Waals surface area contributed by atoms with Gasteiger partial charge in [-0.25, -0.2) is 0 Å². The van der Waals surface area contributed by atoms with Gasteiger partial charge < -0.3 is 20.3 Å².